The van der Waals surface area contributed by atoms with Crippen molar-refractivity contribution in [2.75, 3.05) is 0 Å². The first-order valence-electron chi connectivity index (χ1n) is 9.07. The molecule has 3 aromatic rings. The molecule has 7 nitrogen and oxygen atoms in total. The Bertz CT molecular complexity index is 1310. The molecular formula is C22H14ClIN2O5. The number of aryl methyl sites for hydroxylation is 2. The quantitative estimate of drug-likeness (QED) is 0.130. The predicted molar refractivity (Wildman–Crippen MR) is 125 cm³/mol. The first-order valence-corrected chi connectivity index (χ1v) is 10.5. The number of cyclic esters (lactones) is 1. The van der Waals surface area contributed by atoms with Crippen molar-refractivity contribution in [3.8, 4) is 11.3 Å². The SMILES string of the molecule is Cc1cc(C2=N/C(=C\c3ccc(-c4cc(Cl)c([N+](=O)[O-])cc4C)o3)C(=O)O2)ccc1I. The number of hydrogen-bond donors (Lipinski definition) is 0. The summed E-state index contributed by atoms with van der Waals surface area (Å²) in [7, 11) is 0. The van der Waals surface area contributed by atoms with Gasteiger partial charge in [0, 0.05) is 26.8 Å². The Morgan fingerprint density at radius 3 is 2.61 bits per heavy atom. The van der Waals surface area contributed by atoms with Crippen LogP contribution in [0, 0.1) is 27.5 Å². The molecule has 2 aromatic carbocycles. The lowest BCUT2D eigenvalue weighted by molar-refractivity contribution is -0.384. The van der Waals surface area contributed by atoms with Gasteiger partial charge in [0.2, 0.25) is 5.90 Å². The zero-order valence-electron chi connectivity index (χ0n) is 16.3. The van der Waals surface area contributed by atoms with Crippen molar-refractivity contribution in [2.24, 2.45) is 4.99 Å². The minimum absolute atomic E-state index is 0.0170. The number of furan rings is 1. The molecule has 156 valence electrons. The zero-order valence-corrected chi connectivity index (χ0v) is 19.2. The standard InChI is InChI=1S/C22H14ClIN2O5/c1-11-8-19(26(28)29)16(23)10-15(11)20-6-4-14(30-20)9-18-22(27)31-21(25-18)13-3-5-17(24)12(2)7-13/h3-10H,1-2H3/b18-9-. The summed E-state index contributed by atoms with van der Waals surface area (Å²) in [5.74, 6) is 0.517. The van der Waals surface area contributed by atoms with Crippen LogP contribution in [0.5, 0.6) is 0 Å². The number of benzene rings is 2. The molecule has 0 saturated carbocycles. The molecule has 0 radical (unpaired) electrons. The largest absolute Gasteiger partial charge is 0.457 e. The highest BCUT2D eigenvalue weighted by Crippen LogP contribution is 2.34. The van der Waals surface area contributed by atoms with E-state index in [0.717, 1.165) is 9.13 Å². The van der Waals surface area contributed by atoms with Gasteiger partial charge in [0.1, 0.15) is 16.5 Å². The van der Waals surface area contributed by atoms with Crippen LogP contribution in [0.2, 0.25) is 5.02 Å². The second-order valence-corrected chi connectivity index (χ2v) is 8.45. The van der Waals surface area contributed by atoms with E-state index in [1.54, 1.807) is 19.1 Å². The second-order valence-electron chi connectivity index (χ2n) is 6.88. The molecule has 1 aliphatic rings. The third-order valence-corrected chi connectivity index (χ3v) is 6.20. The fraction of sp³-hybridized carbons (Fsp3) is 0.0909. The van der Waals surface area contributed by atoms with Crippen molar-refractivity contribution in [1.82, 2.24) is 0 Å². The lowest BCUT2D eigenvalue weighted by Crippen LogP contribution is -2.05. The number of hydrogen-bond acceptors (Lipinski definition) is 6. The Morgan fingerprint density at radius 2 is 1.90 bits per heavy atom. The summed E-state index contributed by atoms with van der Waals surface area (Å²) in [6, 6.07) is 11.9. The Morgan fingerprint density at radius 1 is 1.13 bits per heavy atom. The van der Waals surface area contributed by atoms with Gasteiger partial charge in [0.05, 0.1) is 4.92 Å². The van der Waals surface area contributed by atoms with E-state index in [0.29, 0.717) is 28.2 Å². The van der Waals surface area contributed by atoms with E-state index in [-0.39, 0.29) is 22.3 Å². The van der Waals surface area contributed by atoms with Crippen molar-refractivity contribution < 1.29 is 18.9 Å². The summed E-state index contributed by atoms with van der Waals surface area (Å²) in [6.45, 7) is 3.70. The average Bonchev–Trinajstić information content (AvgIpc) is 3.32. The van der Waals surface area contributed by atoms with Crippen molar-refractivity contribution in [3.05, 3.63) is 89.3 Å². The maximum absolute atomic E-state index is 12.3. The van der Waals surface area contributed by atoms with E-state index in [2.05, 4.69) is 27.6 Å². The molecule has 0 unspecified atom stereocenters. The highest BCUT2D eigenvalue weighted by atomic mass is 127. The molecule has 0 N–H and O–H groups in total. The van der Waals surface area contributed by atoms with Gasteiger partial charge in [-0.25, -0.2) is 9.79 Å². The number of nitro groups is 1. The maximum atomic E-state index is 12.3. The fourth-order valence-corrected chi connectivity index (χ4v) is 3.66. The van der Waals surface area contributed by atoms with Crippen LogP contribution in [0.15, 0.2) is 57.6 Å². The highest BCUT2D eigenvalue weighted by molar-refractivity contribution is 14.1. The molecule has 2 heterocycles. The van der Waals surface area contributed by atoms with Gasteiger partial charge in [0.25, 0.3) is 5.69 Å². The maximum Gasteiger partial charge on any atom is 0.363 e. The fourth-order valence-electron chi connectivity index (χ4n) is 3.09. The van der Waals surface area contributed by atoms with Gasteiger partial charge >= 0.3 is 5.97 Å². The second kappa shape index (κ2) is 8.27. The summed E-state index contributed by atoms with van der Waals surface area (Å²) in [6.07, 6.45) is 1.49. The molecule has 0 spiro atoms. The Kier molecular flexibility index (Phi) is 5.67. The predicted octanol–water partition coefficient (Wildman–Crippen LogP) is 6.07. The topological polar surface area (TPSA) is 94.9 Å². The average molecular weight is 549 g/mol. The van der Waals surface area contributed by atoms with Gasteiger partial charge in [-0.1, -0.05) is 11.6 Å². The van der Waals surface area contributed by atoms with Crippen molar-refractivity contribution >= 4 is 57.8 Å². The summed E-state index contributed by atoms with van der Waals surface area (Å²) in [4.78, 5) is 27.1. The number of ether oxygens (including phenoxy) is 1. The molecule has 0 bridgehead atoms. The van der Waals surface area contributed by atoms with Gasteiger partial charge in [-0.3, -0.25) is 10.1 Å². The number of esters is 1. The number of nitro benzene ring substituents is 1. The third-order valence-electron chi connectivity index (χ3n) is 4.69. The Balaban J connectivity index is 1.64. The smallest absolute Gasteiger partial charge is 0.363 e. The van der Waals surface area contributed by atoms with E-state index < -0.39 is 10.9 Å². The third kappa shape index (κ3) is 4.26. The molecular weight excluding hydrogens is 535 g/mol. The monoisotopic (exact) mass is 548 g/mol. The summed E-state index contributed by atoms with van der Waals surface area (Å²) in [5, 5.41) is 11.1. The van der Waals surface area contributed by atoms with Crippen LogP contribution in [0.25, 0.3) is 17.4 Å². The highest BCUT2D eigenvalue weighted by Gasteiger charge is 2.25. The molecule has 0 amide bonds. The first-order chi connectivity index (χ1) is 14.7. The van der Waals surface area contributed by atoms with E-state index >= 15 is 0 Å². The summed E-state index contributed by atoms with van der Waals surface area (Å²) < 4.78 is 12.2. The molecule has 0 fully saturated rings. The summed E-state index contributed by atoms with van der Waals surface area (Å²) in [5.41, 5.74) is 2.98. The Hall–Kier alpha value is -2.98. The molecule has 0 saturated heterocycles. The number of nitrogens with zero attached hydrogens (tertiary/aromatic N) is 2. The number of carbonyl (C=O) groups is 1. The molecule has 0 aliphatic carbocycles. The van der Waals surface area contributed by atoms with E-state index in [9.17, 15) is 14.9 Å². The number of rotatable bonds is 4. The molecule has 0 atom stereocenters. The van der Waals surface area contributed by atoms with Crippen LogP contribution in [-0.2, 0) is 9.53 Å². The minimum atomic E-state index is -0.571. The van der Waals surface area contributed by atoms with Crippen LogP contribution >= 0.6 is 34.2 Å². The number of aliphatic imine (C=N–C) groups is 1. The van der Waals surface area contributed by atoms with Gasteiger partial charge in [-0.2, -0.15) is 0 Å². The van der Waals surface area contributed by atoms with Crippen molar-refractivity contribution in [2.45, 2.75) is 13.8 Å². The van der Waals surface area contributed by atoms with Crippen molar-refractivity contribution in [1.29, 1.82) is 0 Å². The lowest BCUT2D eigenvalue weighted by atomic mass is 10.1. The Labute approximate surface area is 195 Å². The van der Waals surface area contributed by atoms with E-state index in [1.807, 2.05) is 25.1 Å². The van der Waals surface area contributed by atoms with Crippen LogP contribution in [0.4, 0.5) is 5.69 Å². The van der Waals surface area contributed by atoms with Crippen LogP contribution in [-0.4, -0.2) is 16.8 Å². The van der Waals surface area contributed by atoms with Gasteiger partial charge in [-0.05, 0) is 84.0 Å². The van der Waals surface area contributed by atoms with E-state index in [1.165, 1.54) is 18.2 Å². The van der Waals surface area contributed by atoms with E-state index in [4.69, 9.17) is 20.8 Å². The van der Waals surface area contributed by atoms with Crippen LogP contribution in [0.1, 0.15) is 22.5 Å². The zero-order chi connectivity index (χ0) is 22.3. The van der Waals surface area contributed by atoms with Gasteiger partial charge in [0.15, 0.2) is 5.70 Å². The number of halogens is 2. The molecule has 4 rings (SSSR count). The van der Waals surface area contributed by atoms with Crippen molar-refractivity contribution in [3.63, 3.8) is 0 Å². The number of carbonyl (C=O) groups excluding carboxylic acids is 1. The normalized spacial score (nSPS) is 14.6. The van der Waals surface area contributed by atoms with Gasteiger partial charge in [-0.15, -0.1) is 0 Å². The van der Waals surface area contributed by atoms with Crippen LogP contribution in [0.3, 0.4) is 0 Å². The van der Waals surface area contributed by atoms with Crippen LogP contribution < -0.4 is 0 Å². The first kappa shape index (κ1) is 21.3. The van der Waals surface area contributed by atoms with Gasteiger partial charge < -0.3 is 9.15 Å². The lowest BCUT2D eigenvalue weighted by Gasteiger charge is -2.04. The minimum Gasteiger partial charge on any atom is -0.457 e. The molecule has 1 aromatic heterocycles. The summed E-state index contributed by atoms with van der Waals surface area (Å²) >= 11 is 8.26. The molecule has 1 aliphatic heterocycles. The molecule has 9 heteroatoms. The molecule has 31 heavy (non-hydrogen) atoms.